The highest BCUT2D eigenvalue weighted by Gasteiger charge is 2.36. The van der Waals surface area contributed by atoms with Crippen molar-refractivity contribution in [2.24, 2.45) is 7.05 Å². The minimum absolute atomic E-state index is 0. The summed E-state index contributed by atoms with van der Waals surface area (Å²) in [4.78, 5) is 4.58. The predicted molar refractivity (Wildman–Crippen MR) is 97.6 cm³/mol. The number of nitrogens with zero attached hydrogens (tertiary/aromatic N) is 3. The fourth-order valence-corrected chi connectivity index (χ4v) is 4.54. The number of rotatable bonds is 5. The molecule has 1 atom stereocenters. The number of aryl methyl sites for hydroxylation is 1. The summed E-state index contributed by atoms with van der Waals surface area (Å²) in [5.41, 5.74) is 0. The minimum Gasteiger partial charge on any atom is -0.494 e. The molecule has 0 amide bonds. The molecular formula is C16H23ClN4O3S. The lowest BCUT2D eigenvalue weighted by atomic mass is 10.2. The van der Waals surface area contributed by atoms with Crippen LogP contribution in [0.25, 0.3) is 0 Å². The molecular weight excluding hydrogens is 364 g/mol. The quantitative estimate of drug-likeness (QED) is 0.844. The first kappa shape index (κ1) is 19.7. The molecule has 1 unspecified atom stereocenters. The van der Waals surface area contributed by atoms with Crippen molar-refractivity contribution < 1.29 is 13.2 Å². The second kappa shape index (κ2) is 8.18. The van der Waals surface area contributed by atoms with Gasteiger partial charge in [0.1, 0.15) is 11.6 Å². The Morgan fingerprint density at radius 3 is 2.88 bits per heavy atom. The van der Waals surface area contributed by atoms with E-state index in [0.717, 1.165) is 5.82 Å². The van der Waals surface area contributed by atoms with Crippen LogP contribution in [0.15, 0.2) is 41.6 Å². The monoisotopic (exact) mass is 386 g/mol. The smallest absolute Gasteiger partial charge is 0.243 e. The Morgan fingerprint density at radius 2 is 2.20 bits per heavy atom. The van der Waals surface area contributed by atoms with Crippen LogP contribution in [-0.2, 0) is 17.1 Å². The van der Waals surface area contributed by atoms with E-state index in [2.05, 4.69) is 10.3 Å². The highest BCUT2D eigenvalue weighted by molar-refractivity contribution is 7.89. The third-order valence-electron chi connectivity index (χ3n) is 4.07. The molecule has 25 heavy (non-hydrogen) atoms. The van der Waals surface area contributed by atoms with E-state index in [1.54, 1.807) is 30.5 Å². The summed E-state index contributed by atoms with van der Waals surface area (Å²) < 4.78 is 35.2. The Labute approximate surface area is 154 Å². The van der Waals surface area contributed by atoms with Gasteiger partial charge in [-0.05, 0) is 19.1 Å². The minimum atomic E-state index is -3.63. The highest BCUT2D eigenvalue weighted by atomic mass is 35.5. The van der Waals surface area contributed by atoms with Gasteiger partial charge in [-0.3, -0.25) is 0 Å². The molecule has 7 nitrogen and oxygen atoms in total. The maximum absolute atomic E-state index is 13.2. The van der Waals surface area contributed by atoms with Crippen LogP contribution in [0.4, 0.5) is 0 Å². The topological polar surface area (TPSA) is 76.5 Å². The molecule has 1 aliphatic rings. The molecule has 1 aromatic carbocycles. The normalized spacial score (nSPS) is 18.6. The Morgan fingerprint density at radius 1 is 1.40 bits per heavy atom. The summed E-state index contributed by atoms with van der Waals surface area (Å²) in [7, 11) is -1.76. The van der Waals surface area contributed by atoms with Crippen LogP contribution in [0, 0.1) is 0 Å². The zero-order chi connectivity index (χ0) is 17.2. The fraction of sp³-hybridized carbons (Fsp3) is 0.438. The molecule has 0 bridgehead atoms. The van der Waals surface area contributed by atoms with E-state index in [9.17, 15) is 8.42 Å². The molecule has 3 rings (SSSR count). The number of aromatic nitrogens is 2. The van der Waals surface area contributed by atoms with Gasteiger partial charge in [-0.25, -0.2) is 13.4 Å². The first-order valence-electron chi connectivity index (χ1n) is 7.96. The average Bonchev–Trinajstić information content (AvgIpc) is 3.01. The van der Waals surface area contributed by atoms with Crippen LogP contribution in [0.3, 0.4) is 0 Å². The summed E-state index contributed by atoms with van der Waals surface area (Å²) in [5.74, 6) is 1.29. The van der Waals surface area contributed by atoms with E-state index in [1.807, 2.05) is 24.7 Å². The SMILES string of the molecule is CCOc1cccc(S(=O)(=O)N2CCNCC2c2nccn2C)c1.Cl. The lowest BCUT2D eigenvalue weighted by Crippen LogP contribution is -2.49. The Kier molecular flexibility index (Phi) is 6.45. The van der Waals surface area contributed by atoms with E-state index in [0.29, 0.717) is 32.0 Å². The Balaban J connectivity index is 0.00000225. The molecule has 2 aromatic rings. The van der Waals surface area contributed by atoms with Gasteiger partial charge in [0.2, 0.25) is 10.0 Å². The van der Waals surface area contributed by atoms with Crippen LogP contribution in [0.1, 0.15) is 18.8 Å². The van der Waals surface area contributed by atoms with Crippen molar-refractivity contribution in [3.8, 4) is 5.75 Å². The summed E-state index contributed by atoms with van der Waals surface area (Å²) in [5, 5.41) is 3.25. The van der Waals surface area contributed by atoms with E-state index < -0.39 is 10.0 Å². The van der Waals surface area contributed by atoms with Crippen LogP contribution >= 0.6 is 12.4 Å². The summed E-state index contributed by atoms with van der Waals surface area (Å²) >= 11 is 0. The number of hydrogen-bond donors (Lipinski definition) is 1. The standard InChI is InChI=1S/C16H22N4O3S.ClH/c1-3-23-13-5-4-6-14(11-13)24(21,22)20-10-7-17-12-15(20)16-18-8-9-19(16)2;/h4-6,8-9,11,15,17H,3,7,10,12H2,1-2H3;1H. The van der Waals surface area contributed by atoms with Gasteiger partial charge in [0, 0.05) is 45.1 Å². The summed E-state index contributed by atoms with van der Waals surface area (Å²) in [6.45, 7) is 3.92. The number of ether oxygens (including phenoxy) is 1. The number of halogens is 1. The third-order valence-corrected chi connectivity index (χ3v) is 5.98. The van der Waals surface area contributed by atoms with Gasteiger partial charge in [-0.2, -0.15) is 4.31 Å². The Hall–Kier alpha value is -1.61. The lowest BCUT2D eigenvalue weighted by molar-refractivity contribution is 0.258. The van der Waals surface area contributed by atoms with Crippen molar-refractivity contribution in [3.63, 3.8) is 0 Å². The molecule has 1 aromatic heterocycles. The third kappa shape index (κ3) is 3.98. The molecule has 0 radical (unpaired) electrons. The van der Waals surface area contributed by atoms with Gasteiger partial charge >= 0.3 is 0 Å². The van der Waals surface area contributed by atoms with E-state index in [4.69, 9.17) is 4.74 Å². The van der Waals surface area contributed by atoms with Gasteiger partial charge in [0.25, 0.3) is 0 Å². The average molecular weight is 387 g/mol. The first-order chi connectivity index (χ1) is 11.5. The molecule has 1 N–H and O–H groups in total. The first-order valence-corrected chi connectivity index (χ1v) is 9.40. The van der Waals surface area contributed by atoms with E-state index >= 15 is 0 Å². The van der Waals surface area contributed by atoms with Crippen LogP contribution < -0.4 is 10.1 Å². The van der Waals surface area contributed by atoms with Gasteiger partial charge in [-0.1, -0.05) is 6.07 Å². The predicted octanol–water partition coefficient (Wildman–Crippen LogP) is 1.58. The summed E-state index contributed by atoms with van der Waals surface area (Å²) in [6, 6.07) is 6.32. The maximum atomic E-state index is 13.2. The molecule has 1 aliphatic heterocycles. The van der Waals surface area contributed by atoms with Crippen LogP contribution in [0.5, 0.6) is 5.75 Å². The molecule has 0 spiro atoms. The molecule has 1 fully saturated rings. The second-order valence-corrected chi connectivity index (χ2v) is 7.53. The zero-order valence-corrected chi connectivity index (χ0v) is 15.9. The maximum Gasteiger partial charge on any atom is 0.243 e. The van der Waals surface area contributed by atoms with Crippen molar-refractivity contribution in [1.82, 2.24) is 19.2 Å². The number of piperazine rings is 1. The largest absolute Gasteiger partial charge is 0.494 e. The van der Waals surface area contributed by atoms with Crippen molar-refractivity contribution in [2.45, 2.75) is 17.9 Å². The number of sulfonamides is 1. The molecule has 2 heterocycles. The van der Waals surface area contributed by atoms with E-state index in [1.165, 1.54) is 4.31 Å². The summed E-state index contributed by atoms with van der Waals surface area (Å²) in [6.07, 6.45) is 3.51. The van der Waals surface area contributed by atoms with Crippen molar-refractivity contribution in [2.75, 3.05) is 26.2 Å². The zero-order valence-electron chi connectivity index (χ0n) is 14.3. The molecule has 9 heteroatoms. The van der Waals surface area contributed by atoms with Crippen molar-refractivity contribution in [1.29, 1.82) is 0 Å². The van der Waals surface area contributed by atoms with Gasteiger partial charge in [0.15, 0.2) is 0 Å². The second-order valence-electron chi connectivity index (χ2n) is 5.64. The number of hydrogen-bond acceptors (Lipinski definition) is 5. The molecule has 0 saturated carbocycles. The van der Waals surface area contributed by atoms with Crippen LogP contribution in [-0.4, -0.2) is 48.5 Å². The van der Waals surface area contributed by atoms with Crippen molar-refractivity contribution in [3.05, 3.63) is 42.5 Å². The molecule has 1 saturated heterocycles. The van der Waals surface area contributed by atoms with Gasteiger partial charge in [-0.15, -0.1) is 12.4 Å². The number of nitrogens with one attached hydrogen (secondary N) is 1. The lowest BCUT2D eigenvalue weighted by Gasteiger charge is -2.34. The highest BCUT2D eigenvalue weighted by Crippen LogP contribution is 2.29. The van der Waals surface area contributed by atoms with Gasteiger partial charge < -0.3 is 14.6 Å². The molecule has 138 valence electrons. The fourth-order valence-electron chi connectivity index (χ4n) is 2.92. The Bertz CT molecular complexity index is 809. The number of imidazole rings is 1. The number of benzene rings is 1. The van der Waals surface area contributed by atoms with E-state index in [-0.39, 0.29) is 23.3 Å². The van der Waals surface area contributed by atoms with Gasteiger partial charge in [0.05, 0.1) is 17.5 Å². The molecule has 0 aliphatic carbocycles. The van der Waals surface area contributed by atoms with Crippen LogP contribution in [0.2, 0.25) is 0 Å². The van der Waals surface area contributed by atoms with Crippen molar-refractivity contribution >= 4 is 22.4 Å².